The van der Waals surface area contributed by atoms with Gasteiger partial charge in [-0.25, -0.2) is 0 Å². The molecule has 0 N–H and O–H groups in total. The van der Waals surface area contributed by atoms with Gasteiger partial charge in [0.05, 0.1) is 0 Å². The van der Waals surface area contributed by atoms with Crippen LogP contribution in [0.2, 0.25) is 0 Å². The number of hydrogen-bond acceptors (Lipinski definition) is 2. The summed E-state index contributed by atoms with van der Waals surface area (Å²) in [5, 5.41) is 2.11. The van der Waals surface area contributed by atoms with Crippen molar-refractivity contribution in [1.29, 1.82) is 0 Å². The second-order valence-electron chi connectivity index (χ2n) is 6.02. The van der Waals surface area contributed by atoms with Crippen molar-refractivity contribution < 1.29 is 4.79 Å². The lowest BCUT2D eigenvalue weighted by molar-refractivity contribution is 0.0965. The number of rotatable bonds is 3. The van der Waals surface area contributed by atoms with Crippen LogP contribution in [0.4, 0.5) is 0 Å². The fraction of sp³-hybridized carbons (Fsp3) is 0.389. The molecule has 1 heterocycles. The van der Waals surface area contributed by atoms with Crippen LogP contribution in [0.3, 0.4) is 0 Å². The Hall–Kier alpha value is -1.41. The Morgan fingerprint density at radius 3 is 2.75 bits per heavy atom. The molecule has 1 fully saturated rings. The van der Waals surface area contributed by atoms with E-state index in [9.17, 15) is 4.79 Å². The van der Waals surface area contributed by atoms with Crippen molar-refractivity contribution in [3.63, 3.8) is 0 Å². The third-order valence-electron chi connectivity index (χ3n) is 4.67. The first-order valence-electron chi connectivity index (χ1n) is 7.52. The van der Waals surface area contributed by atoms with Crippen LogP contribution in [0, 0.1) is 5.92 Å². The van der Waals surface area contributed by atoms with E-state index in [4.69, 9.17) is 0 Å². The van der Waals surface area contributed by atoms with Crippen LogP contribution in [-0.4, -0.2) is 5.78 Å². The predicted molar refractivity (Wildman–Crippen MR) is 82.6 cm³/mol. The highest BCUT2D eigenvalue weighted by molar-refractivity contribution is 7.10. The molecule has 2 aromatic rings. The molecule has 2 aliphatic rings. The summed E-state index contributed by atoms with van der Waals surface area (Å²) in [5.74, 6) is 1.07. The van der Waals surface area contributed by atoms with Crippen LogP contribution >= 0.6 is 11.3 Å². The zero-order valence-electron chi connectivity index (χ0n) is 11.5. The fourth-order valence-electron chi connectivity index (χ4n) is 3.40. The van der Waals surface area contributed by atoms with Crippen molar-refractivity contribution >= 4 is 17.1 Å². The molecule has 0 bridgehead atoms. The molecule has 0 spiro atoms. The lowest BCUT2D eigenvalue weighted by Crippen LogP contribution is -2.08. The Bertz CT molecular complexity index is 641. The van der Waals surface area contributed by atoms with Crippen molar-refractivity contribution in [2.45, 2.75) is 38.0 Å². The van der Waals surface area contributed by atoms with E-state index in [0.29, 0.717) is 11.7 Å². The highest BCUT2D eigenvalue weighted by Crippen LogP contribution is 2.50. The first-order chi connectivity index (χ1) is 9.83. The highest BCUT2D eigenvalue weighted by Gasteiger charge is 2.44. The van der Waals surface area contributed by atoms with Gasteiger partial charge < -0.3 is 0 Å². The van der Waals surface area contributed by atoms with Gasteiger partial charge in [-0.2, -0.15) is 0 Å². The maximum absolute atomic E-state index is 12.6. The van der Waals surface area contributed by atoms with E-state index in [1.54, 1.807) is 11.3 Å². The van der Waals surface area contributed by atoms with Gasteiger partial charge in [0.15, 0.2) is 5.78 Å². The van der Waals surface area contributed by atoms with Crippen molar-refractivity contribution in [2.75, 3.05) is 0 Å². The Kier molecular flexibility index (Phi) is 2.99. The molecule has 1 nitrogen and oxygen atoms in total. The highest BCUT2D eigenvalue weighted by atomic mass is 32.1. The number of hydrogen-bond donors (Lipinski definition) is 0. The monoisotopic (exact) mass is 282 g/mol. The summed E-state index contributed by atoms with van der Waals surface area (Å²) in [4.78, 5) is 14.0. The number of Topliss-reactive ketones (excluding diaryl/α,β-unsaturated/α-hetero) is 1. The average molecular weight is 282 g/mol. The van der Waals surface area contributed by atoms with Gasteiger partial charge in [-0.15, -0.1) is 11.3 Å². The first kappa shape index (κ1) is 12.3. The van der Waals surface area contributed by atoms with Gasteiger partial charge in [-0.3, -0.25) is 4.79 Å². The topological polar surface area (TPSA) is 17.1 Å². The summed E-state index contributed by atoms with van der Waals surface area (Å²) >= 11 is 1.78. The van der Waals surface area contributed by atoms with Crippen molar-refractivity contribution in [3.8, 4) is 0 Å². The van der Waals surface area contributed by atoms with Gasteiger partial charge in [0, 0.05) is 22.3 Å². The molecule has 0 radical (unpaired) electrons. The van der Waals surface area contributed by atoms with Gasteiger partial charge in [-0.1, -0.05) is 18.2 Å². The molecule has 4 rings (SSSR count). The molecule has 2 heteroatoms. The van der Waals surface area contributed by atoms with Gasteiger partial charge in [0.2, 0.25) is 0 Å². The Labute approximate surface area is 123 Å². The Balaban J connectivity index is 1.55. The number of benzene rings is 1. The SMILES string of the molecule is O=C(c1ccc2c(c1)CCCC2)C1CC1c1cccs1. The molecule has 0 aliphatic heterocycles. The normalized spacial score (nSPS) is 24.2. The maximum Gasteiger partial charge on any atom is 0.166 e. The molecule has 2 unspecified atom stereocenters. The van der Waals surface area contributed by atoms with Gasteiger partial charge >= 0.3 is 0 Å². The minimum Gasteiger partial charge on any atom is -0.294 e. The summed E-state index contributed by atoms with van der Waals surface area (Å²) in [7, 11) is 0. The lowest BCUT2D eigenvalue weighted by atomic mass is 9.89. The Morgan fingerprint density at radius 1 is 1.10 bits per heavy atom. The second-order valence-corrected chi connectivity index (χ2v) is 7.00. The fourth-order valence-corrected chi connectivity index (χ4v) is 4.31. The molecule has 2 aliphatic carbocycles. The summed E-state index contributed by atoms with van der Waals surface area (Å²) in [6.45, 7) is 0. The molecule has 1 aromatic heterocycles. The zero-order chi connectivity index (χ0) is 13.5. The second kappa shape index (κ2) is 4.85. The minimum atomic E-state index is 0.232. The van der Waals surface area contributed by atoms with Crippen molar-refractivity contribution in [1.82, 2.24) is 0 Å². The number of carbonyl (C=O) groups is 1. The van der Waals surface area contributed by atoms with Crippen LogP contribution < -0.4 is 0 Å². The van der Waals surface area contributed by atoms with E-state index in [1.807, 2.05) is 0 Å². The maximum atomic E-state index is 12.6. The molecule has 0 saturated heterocycles. The summed E-state index contributed by atoms with van der Waals surface area (Å²) in [6.07, 6.45) is 5.94. The summed E-state index contributed by atoms with van der Waals surface area (Å²) < 4.78 is 0. The number of carbonyl (C=O) groups excluding carboxylic acids is 1. The smallest absolute Gasteiger partial charge is 0.166 e. The first-order valence-corrected chi connectivity index (χ1v) is 8.40. The molecule has 1 saturated carbocycles. The van der Waals surface area contributed by atoms with E-state index >= 15 is 0 Å². The Morgan fingerprint density at radius 2 is 1.95 bits per heavy atom. The van der Waals surface area contributed by atoms with E-state index in [2.05, 4.69) is 35.7 Å². The number of thiophene rings is 1. The van der Waals surface area contributed by atoms with Crippen LogP contribution in [0.5, 0.6) is 0 Å². The van der Waals surface area contributed by atoms with Crippen LogP contribution in [0.1, 0.15) is 51.5 Å². The standard InChI is InChI=1S/C18H18OS/c19-18(16-11-15(16)17-6-3-9-20-17)14-8-7-12-4-1-2-5-13(12)10-14/h3,6-10,15-16H,1-2,4-5,11H2. The van der Waals surface area contributed by atoms with E-state index in [1.165, 1.54) is 35.3 Å². The van der Waals surface area contributed by atoms with E-state index in [-0.39, 0.29) is 5.92 Å². The molecular weight excluding hydrogens is 264 g/mol. The molecular formula is C18H18OS. The van der Waals surface area contributed by atoms with Crippen LogP contribution in [0.25, 0.3) is 0 Å². The van der Waals surface area contributed by atoms with E-state index in [0.717, 1.165) is 18.4 Å². The molecule has 1 aromatic carbocycles. The number of ketones is 1. The predicted octanol–water partition coefficient (Wildman–Crippen LogP) is 4.61. The molecule has 20 heavy (non-hydrogen) atoms. The van der Waals surface area contributed by atoms with Gasteiger partial charge in [0.25, 0.3) is 0 Å². The summed E-state index contributed by atoms with van der Waals surface area (Å²) in [5.41, 5.74) is 3.81. The van der Waals surface area contributed by atoms with Crippen molar-refractivity contribution in [2.24, 2.45) is 5.92 Å². The third-order valence-corrected chi connectivity index (χ3v) is 5.67. The van der Waals surface area contributed by atoms with Crippen molar-refractivity contribution in [3.05, 3.63) is 57.3 Å². The van der Waals surface area contributed by atoms with Crippen LogP contribution in [-0.2, 0) is 12.8 Å². The molecule has 0 amide bonds. The summed E-state index contributed by atoms with van der Waals surface area (Å²) in [6, 6.07) is 10.6. The third kappa shape index (κ3) is 2.12. The molecule has 102 valence electrons. The largest absolute Gasteiger partial charge is 0.294 e. The number of aryl methyl sites for hydroxylation is 2. The molecule has 2 atom stereocenters. The quantitative estimate of drug-likeness (QED) is 0.751. The van der Waals surface area contributed by atoms with Gasteiger partial charge in [-0.05, 0) is 60.7 Å². The lowest BCUT2D eigenvalue weighted by Gasteiger charge is -2.16. The van der Waals surface area contributed by atoms with E-state index < -0.39 is 0 Å². The minimum absolute atomic E-state index is 0.232. The zero-order valence-corrected chi connectivity index (χ0v) is 12.3. The van der Waals surface area contributed by atoms with Gasteiger partial charge in [0.1, 0.15) is 0 Å². The average Bonchev–Trinajstić information content (AvgIpc) is 3.11. The van der Waals surface area contributed by atoms with Crippen LogP contribution in [0.15, 0.2) is 35.7 Å². The number of fused-ring (bicyclic) bond motifs is 1.